The fourth-order valence-corrected chi connectivity index (χ4v) is 3.22. The van der Waals surface area contributed by atoms with Crippen LogP contribution in [-0.4, -0.2) is 69.9 Å². The molecule has 4 amide bonds. The van der Waals surface area contributed by atoms with E-state index in [0.29, 0.717) is 0 Å². The molecule has 0 aliphatic carbocycles. The number of hydrogen-bond acceptors (Lipinski definition) is 7. The Labute approximate surface area is 208 Å². The number of primary amides is 1. The Morgan fingerprint density at radius 1 is 0.861 bits per heavy atom. The molecule has 1 aromatic rings. The number of carboxylic acids is 2. The van der Waals surface area contributed by atoms with Gasteiger partial charge in [0.2, 0.25) is 23.6 Å². The van der Waals surface area contributed by atoms with Gasteiger partial charge in [-0.15, -0.1) is 0 Å². The smallest absolute Gasteiger partial charge is 0.326 e. The molecule has 4 unspecified atom stereocenters. The zero-order chi connectivity index (χ0) is 27.4. The number of benzene rings is 1. The third-order valence-electron chi connectivity index (χ3n) is 5.19. The summed E-state index contributed by atoms with van der Waals surface area (Å²) >= 11 is 0. The number of hydrogen-bond donors (Lipinski definition) is 7. The van der Waals surface area contributed by atoms with Gasteiger partial charge < -0.3 is 37.6 Å². The van der Waals surface area contributed by atoms with E-state index in [9.17, 15) is 39.0 Å². The third-order valence-corrected chi connectivity index (χ3v) is 5.19. The van der Waals surface area contributed by atoms with Gasteiger partial charge in [0, 0.05) is 6.42 Å². The molecule has 36 heavy (non-hydrogen) atoms. The van der Waals surface area contributed by atoms with Crippen LogP contribution in [0.5, 0.6) is 0 Å². The molecule has 0 aromatic heterocycles. The molecule has 0 radical (unpaired) electrons. The summed E-state index contributed by atoms with van der Waals surface area (Å²) in [4.78, 5) is 71.8. The minimum absolute atomic E-state index is 0.213. The van der Waals surface area contributed by atoms with Crippen molar-refractivity contribution in [2.75, 3.05) is 0 Å². The van der Waals surface area contributed by atoms with E-state index in [4.69, 9.17) is 11.5 Å². The molecule has 1 rings (SSSR count). The van der Waals surface area contributed by atoms with Crippen LogP contribution in [0.15, 0.2) is 30.3 Å². The molecule has 13 heteroatoms. The fourth-order valence-electron chi connectivity index (χ4n) is 3.22. The van der Waals surface area contributed by atoms with Crippen molar-refractivity contribution in [1.82, 2.24) is 16.0 Å². The Kier molecular flexibility index (Phi) is 12.0. The number of carboxylic acid groups (broad SMARTS) is 2. The zero-order valence-electron chi connectivity index (χ0n) is 20.1. The number of rotatable bonds is 15. The Morgan fingerprint density at radius 3 is 1.94 bits per heavy atom. The van der Waals surface area contributed by atoms with Crippen molar-refractivity contribution in [3.8, 4) is 0 Å². The van der Waals surface area contributed by atoms with Crippen molar-refractivity contribution in [2.45, 2.75) is 63.7 Å². The van der Waals surface area contributed by atoms with Crippen LogP contribution in [0, 0.1) is 5.92 Å². The maximum absolute atomic E-state index is 12.9. The van der Waals surface area contributed by atoms with Gasteiger partial charge in [0.1, 0.15) is 18.1 Å². The second-order valence-electron chi connectivity index (χ2n) is 8.59. The lowest BCUT2D eigenvalue weighted by Crippen LogP contribution is -2.59. The standard InChI is InChI=1S/C23H33N5O8/c1-12(2)19(28-20(32)14(24)10-13-6-4-3-5-7-13)22(34)27-16(11-18(30)31)21(33)26-15(23(35)36)8-9-17(25)29/h3-7,12,14-16,19H,8-11,24H2,1-2H3,(H2,25,29)(H,26,33)(H,27,34)(H,28,32)(H,30,31)(H,35,36). The largest absolute Gasteiger partial charge is 0.481 e. The predicted molar refractivity (Wildman–Crippen MR) is 127 cm³/mol. The summed E-state index contributed by atoms with van der Waals surface area (Å²) in [7, 11) is 0. The van der Waals surface area contributed by atoms with E-state index in [-0.39, 0.29) is 19.3 Å². The van der Waals surface area contributed by atoms with Crippen molar-refractivity contribution in [3.05, 3.63) is 35.9 Å². The van der Waals surface area contributed by atoms with Crippen LogP contribution < -0.4 is 27.4 Å². The summed E-state index contributed by atoms with van der Waals surface area (Å²) in [6, 6.07) is 3.67. The lowest BCUT2D eigenvalue weighted by atomic mass is 10.0. The van der Waals surface area contributed by atoms with E-state index in [0.717, 1.165) is 5.56 Å². The summed E-state index contributed by atoms with van der Waals surface area (Å²) < 4.78 is 0. The van der Waals surface area contributed by atoms with Crippen LogP contribution in [0.25, 0.3) is 0 Å². The van der Waals surface area contributed by atoms with Crippen LogP contribution in [0.2, 0.25) is 0 Å². The van der Waals surface area contributed by atoms with Crippen molar-refractivity contribution in [1.29, 1.82) is 0 Å². The van der Waals surface area contributed by atoms with E-state index in [1.807, 2.05) is 6.07 Å². The van der Waals surface area contributed by atoms with Gasteiger partial charge in [-0.2, -0.15) is 0 Å². The fraction of sp³-hybridized carbons (Fsp3) is 0.478. The summed E-state index contributed by atoms with van der Waals surface area (Å²) in [5, 5.41) is 25.3. The quantitative estimate of drug-likeness (QED) is 0.146. The molecule has 0 aliphatic rings. The lowest BCUT2D eigenvalue weighted by Gasteiger charge is -2.26. The molecule has 0 aliphatic heterocycles. The summed E-state index contributed by atoms with van der Waals surface area (Å²) in [6.07, 6.45) is -1.30. The molecule has 198 valence electrons. The Morgan fingerprint density at radius 2 is 1.44 bits per heavy atom. The maximum atomic E-state index is 12.9. The van der Waals surface area contributed by atoms with Gasteiger partial charge >= 0.3 is 11.9 Å². The van der Waals surface area contributed by atoms with Gasteiger partial charge in [-0.1, -0.05) is 44.2 Å². The number of nitrogens with one attached hydrogen (secondary N) is 3. The van der Waals surface area contributed by atoms with Gasteiger partial charge in [-0.3, -0.25) is 24.0 Å². The van der Waals surface area contributed by atoms with Crippen LogP contribution in [-0.2, 0) is 35.2 Å². The van der Waals surface area contributed by atoms with E-state index in [1.54, 1.807) is 38.1 Å². The van der Waals surface area contributed by atoms with E-state index >= 15 is 0 Å². The van der Waals surface area contributed by atoms with Crippen molar-refractivity contribution in [2.24, 2.45) is 17.4 Å². The molecule has 9 N–H and O–H groups in total. The highest BCUT2D eigenvalue weighted by atomic mass is 16.4. The topological polar surface area (TPSA) is 231 Å². The monoisotopic (exact) mass is 507 g/mol. The summed E-state index contributed by atoms with van der Waals surface area (Å²) in [5.41, 5.74) is 11.8. The van der Waals surface area contributed by atoms with Crippen molar-refractivity contribution < 1.29 is 39.0 Å². The molecule has 0 spiro atoms. The van der Waals surface area contributed by atoms with E-state index in [2.05, 4.69) is 16.0 Å². The van der Waals surface area contributed by atoms with Crippen LogP contribution in [0.4, 0.5) is 0 Å². The average Bonchev–Trinajstić information content (AvgIpc) is 2.78. The van der Waals surface area contributed by atoms with Gasteiger partial charge in [0.25, 0.3) is 0 Å². The van der Waals surface area contributed by atoms with Crippen molar-refractivity contribution in [3.63, 3.8) is 0 Å². The second kappa shape index (κ2) is 14.4. The molecule has 1 aromatic carbocycles. The minimum atomic E-state index is -1.65. The molecule has 4 atom stereocenters. The normalized spacial score (nSPS) is 14.1. The molecular weight excluding hydrogens is 474 g/mol. The zero-order valence-corrected chi connectivity index (χ0v) is 20.1. The van der Waals surface area contributed by atoms with Crippen LogP contribution in [0.3, 0.4) is 0 Å². The highest BCUT2D eigenvalue weighted by Gasteiger charge is 2.32. The lowest BCUT2D eigenvalue weighted by molar-refractivity contribution is -0.144. The highest BCUT2D eigenvalue weighted by molar-refractivity contribution is 5.95. The van der Waals surface area contributed by atoms with E-state index < -0.39 is 72.1 Å². The molecule has 0 heterocycles. The van der Waals surface area contributed by atoms with Crippen LogP contribution >= 0.6 is 0 Å². The summed E-state index contributed by atoms with van der Waals surface area (Å²) in [6.45, 7) is 3.26. The van der Waals surface area contributed by atoms with E-state index in [1.165, 1.54) is 0 Å². The van der Waals surface area contributed by atoms with Gasteiger partial charge in [0.15, 0.2) is 0 Å². The summed E-state index contributed by atoms with van der Waals surface area (Å²) in [5.74, 6) is -6.71. The van der Waals surface area contributed by atoms with Gasteiger partial charge in [-0.05, 0) is 24.3 Å². The molecule has 0 bridgehead atoms. The minimum Gasteiger partial charge on any atom is -0.481 e. The SMILES string of the molecule is CC(C)C(NC(=O)C(N)Cc1ccccc1)C(=O)NC(CC(=O)O)C(=O)NC(CCC(N)=O)C(=O)O. The molecule has 0 fully saturated rings. The molecule has 0 saturated carbocycles. The third kappa shape index (κ3) is 10.5. The first-order chi connectivity index (χ1) is 16.8. The number of aliphatic carboxylic acids is 2. The first-order valence-corrected chi connectivity index (χ1v) is 11.2. The first-order valence-electron chi connectivity index (χ1n) is 11.2. The van der Waals surface area contributed by atoms with Crippen LogP contribution in [0.1, 0.15) is 38.7 Å². The van der Waals surface area contributed by atoms with Gasteiger partial charge in [0.05, 0.1) is 12.5 Å². The number of carbonyl (C=O) groups excluding carboxylic acids is 4. The maximum Gasteiger partial charge on any atom is 0.326 e. The predicted octanol–water partition coefficient (Wildman–Crippen LogP) is -1.51. The number of amides is 4. The number of nitrogens with two attached hydrogens (primary N) is 2. The molecule has 13 nitrogen and oxygen atoms in total. The molecule has 0 saturated heterocycles. The Balaban J connectivity index is 2.92. The second-order valence-corrected chi connectivity index (χ2v) is 8.59. The first kappa shape index (κ1) is 30.0. The number of carbonyl (C=O) groups is 6. The Bertz CT molecular complexity index is 953. The van der Waals surface area contributed by atoms with Gasteiger partial charge in [-0.25, -0.2) is 4.79 Å². The Hall–Kier alpha value is -4.00. The highest BCUT2D eigenvalue weighted by Crippen LogP contribution is 2.07. The van der Waals surface area contributed by atoms with Crippen molar-refractivity contribution >= 4 is 35.6 Å². The average molecular weight is 508 g/mol. The molecular formula is C23H33N5O8.